The van der Waals surface area contributed by atoms with Crippen LogP contribution in [0, 0.1) is 5.82 Å². The molecule has 2 aromatic rings. The number of benzene rings is 2. The van der Waals surface area contributed by atoms with E-state index in [0.29, 0.717) is 16.3 Å². The fraction of sp³-hybridized carbons (Fsp3) is 0.0769. The van der Waals surface area contributed by atoms with Gasteiger partial charge in [0, 0.05) is 15.1 Å². The summed E-state index contributed by atoms with van der Waals surface area (Å²) >= 11 is 3.32. The van der Waals surface area contributed by atoms with Crippen molar-refractivity contribution in [3.05, 3.63) is 58.3 Å². The van der Waals surface area contributed by atoms with Crippen molar-refractivity contribution >= 4 is 32.4 Å². The Hall–Kier alpha value is -1.20. The molecule has 1 unspecified atom stereocenters. The average molecular weight is 328 g/mol. The highest BCUT2D eigenvalue weighted by Gasteiger charge is 2.08. The first-order valence-corrected chi connectivity index (χ1v) is 7.35. The molecule has 0 amide bonds. The first-order chi connectivity index (χ1) is 8.56. The number of anilines is 1. The summed E-state index contributed by atoms with van der Waals surface area (Å²) in [7, 11) is -1.22. The zero-order valence-corrected chi connectivity index (χ0v) is 11.8. The van der Waals surface area contributed by atoms with Gasteiger partial charge in [-0.25, -0.2) is 4.39 Å². The van der Waals surface area contributed by atoms with Crippen molar-refractivity contribution in [2.24, 2.45) is 0 Å². The Morgan fingerprint density at radius 2 is 1.83 bits per heavy atom. The summed E-state index contributed by atoms with van der Waals surface area (Å²) in [5.74, 6) is -0.0102. The van der Waals surface area contributed by atoms with Gasteiger partial charge in [-0.15, -0.1) is 0 Å². The fourth-order valence-electron chi connectivity index (χ4n) is 1.51. The summed E-state index contributed by atoms with van der Waals surface area (Å²) in [5, 5.41) is 0. The van der Waals surface area contributed by atoms with Crippen LogP contribution in [0.25, 0.3) is 0 Å². The maximum atomic E-state index is 12.8. The lowest BCUT2D eigenvalue weighted by molar-refractivity contribution is 0.626. The molecule has 0 saturated carbocycles. The lowest BCUT2D eigenvalue weighted by Crippen LogP contribution is -2.00. The van der Waals surface area contributed by atoms with Crippen LogP contribution in [0.1, 0.15) is 5.56 Å². The molecule has 0 spiro atoms. The summed E-state index contributed by atoms with van der Waals surface area (Å²) in [6, 6.07) is 11.1. The zero-order valence-electron chi connectivity index (χ0n) is 9.40. The molecule has 0 fully saturated rings. The molecule has 0 aliphatic heterocycles. The number of hydrogen-bond donors (Lipinski definition) is 1. The number of hydrogen-bond acceptors (Lipinski definition) is 2. The van der Waals surface area contributed by atoms with Gasteiger partial charge < -0.3 is 5.73 Å². The third kappa shape index (κ3) is 3.17. The summed E-state index contributed by atoms with van der Waals surface area (Å²) in [4.78, 5) is 0.596. The van der Waals surface area contributed by atoms with Crippen molar-refractivity contribution in [1.29, 1.82) is 0 Å². The van der Waals surface area contributed by atoms with Gasteiger partial charge in [0.2, 0.25) is 0 Å². The highest BCUT2D eigenvalue weighted by Crippen LogP contribution is 2.21. The number of nitrogens with two attached hydrogens (primary N) is 1. The topological polar surface area (TPSA) is 43.1 Å². The predicted octanol–water partition coefficient (Wildman–Crippen LogP) is 3.48. The van der Waals surface area contributed by atoms with Crippen LogP contribution in [-0.2, 0) is 16.6 Å². The summed E-state index contributed by atoms with van der Waals surface area (Å²) in [6.45, 7) is 0. The van der Waals surface area contributed by atoms with E-state index in [9.17, 15) is 8.60 Å². The van der Waals surface area contributed by atoms with Crippen molar-refractivity contribution < 1.29 is 8.60 Å². The van der Waals surface area contributed by atoms with Crippen LogP contribution in [0.2, 0.25) is 0 Å². The molecule has 94 valence electrons. The first kappa shape index (κ1) is 13.2. The SMILES string of the molecule is Nc1cc(Br)ccc1CS(=O)c1ccc(F)cc1. The van der Waals surface area contributed by atoms with Crippen molar-refractivity contribution in [3.8, 4) is 0 Å². The van der Waals surface area contributed by atoms with Crippen LogP contribution in [0.3, 0.4) is 0 Å². The maximum Gasteiger partial charge on any atom is 0.123 e. The summed E-state index contributed by atoms with van der Waals surface area (Å²) < 4.78 is 25.7. The largest absolute Gasteiger partial charge is 0.398 e. The molecule has 0 heterocycles. The van der Waals surface area contributed by atoms with E-state index in [1.807, 2.05) is 12.1 Å². The minimum absolute atomic E-state index is 0.324. The van der Waals surface area contributed by atoms with E-state index in [1.54, 1.807) is 6.07 Å². The third-order valence-corrected chi connectivity index (χ3v) is 4.34. The van der Waals surface area contributed by atoms with Crippen molar-refractivity contribution in [1.82, 2.24) is 0 Å². The second-order valence-electron chi connectivity index (χ2n) is 3.79. The van der Waals surface area contributed by atoms with Gasteiger partial charge in [0.25, 0.3) is 0 Å². The van der Waals surface area contributed by atoms with Crippen molar-refractivity contribution in [2.75, 3.05) is 5.73 Å². The van der Waals surface area contributed by atoms with Crippen molar-refractivity contribution in [2.45, 2.75) is 10.6 Å². The predicted molar refractivity (Wildman–Crippen MR) is 75.1 cm³/mol. The molecule has 1 atom stereocenters. The third-order valence-electron chi connectivity index (χ3n) is 2.47. The van der Waals surface area contributed by atoms with E-state index < -0.39 is 10.8 Å². The molecule has 0 saturated heterocycles. The molecular formula is C13H11BrFNOS. The molecule has 18 heavy (non-hydrogen) atoms. The van der Waals surface area contributed by atoms with E-state index in [0.717, 1.165) is 10.0 Å². The van der Waals surface area contributed by atoms with Crippen LogP contribution in [0.5, 0.6) is 0 Å². The minimum atomic E-state index is -1.22. The van der Waals surface area contributed by atoms with E-state index in [1.165, 1.54) is 24.3 Å². The highest BCUT2D eigenvalue weighted by atomic mass is 79.9. The van der Waals surface area contributed by atoms with E-state index in [4.69, 9.17) is 5.73 Å². The first-order valence-electron chi connectivity index (χ1n) is 5.24. The molecule has 2 aromatic carbocycles. The fourth-order valence-corrected chi connectivity index (χ4v) is 3.04. The lowest BCUT2D eigenvalue weighted by atomic mass is 10.2. The molecule has 0 bridgehead atoms. The maximum absolute atomic E-state index is 12.8. The molecule has 0 aliphatic carbocycles. The average Bonchev–Trinajstić information content (AvgIpc) is 2.33. The van der Waals surface area contributed by atoms with Crippen LogP contribution < -0.4 is 5.73 Å². The Kier molecular flexibility index (Phi) is 4.14. The molecular weight excluding hydrogens is 317 g/mol. The van der Waals surface area contributed by atoms with Gasteiger partial charge in [0.1, 0.15) is 5.82 Å². The normalized spacial score (nSPS) is 12.3. The standard InChI is InChI=1S/C13H11BrFNOS/c14-10-2-1-9(13(16)7-10)8-18(17)12-5-3-11(15)4-6-12/h1-7H,8,16H2. The minimum Gasteiger partial charge on any atom is -0.398 e. The van der Waals surface area contributed by atoms with Gasteiger partial charge >= 0.3 is 0 Å². The van der Waals surface area contributed by atoms with Crippen LogP contribution in [-0.4, -0.2) is 4.21 Å². The van der Waals surface area contributed by atoms with Gasteiger partial charge in [-0.1, -0.05) is 22.0 Å². The lowest BCUT2D eigenvalue weighted by Gasteiger charge is -2.06. The Balaban J connectivity index is 2.18. The number of halogens is 2. The molecule has 0 aliphatic rings. The Bertz CT molecular complexity index is 586. The van der Waals surface area contributed by atoms with Gasteiger partial charge in [-0.2, -0.15) is 0 Å². The quantitative estimate of drug-likeness (QED) is 0.877. The smallest absolute Gasteiger partial charge is 0.123 e. The van der Waals surface area contributed by atoms with Crippen molar-refractivity contribution in [3.63, 3.8) is 0 Å². The van der Waals surface area contributed by atoms with Crippen LogP contribution in [0.4, 0.5) is 10.1 Å². The molecule has 2 N–H and O–H groups in total. The van der Waals surface area contributed by atoms with E-state index >= 15 is 0 Å². The Morgan fingerprint density at radius 3 is 2.44 bits per heavy atom. The number of nitrogen functional groups attached to an aromatic ring is 1. The van der Waals surface area contributed by atoms with Gasteiger partial charge in [-0.3, -0.25) is 4.21 Å². The molecule has 2 rings (SSSR count). The van der Waals surface area contributed by atoms with E-state index in [-0.39, 0.29) is 5.82 Å². The Morgan fingerprint density at radius 1 is 1.17 bits per heavy atom. The van der Waals surface area contributed by atoms with Gasteiger partial charge in [0.05, 0.1) is 16.6 Å². The zero-order chi connectivity index (χ0) is 13.1. The van der Waals surface area contributed by atoms with Gasteiger partial charge in [-0.05, 0) is 42.0 Å². The molecule has 2 nitrogen and oxygen atoms in total. The van der Waals surface area contributed by atoms with E-state index in [2.05, 4.69) is 15.9 Å². The van der Waals surface area contributed by atoms with Crippen LogP contribution in [0.15, 0.2) is 51.8 Å². The molecule has 0 aromatic heterocycles. The second kappa shape index (κ2) is 5.63. The summed E-state index contributed by atoms with van der Waals surface area (Å²) in [6.07, 6.45) is 0. The monoisotopic (exact) mass is 327 g/mol. The molecule has 5 heteroatoms. The second-order valence-corrected chi connectivity index (χ2v) is 6.15. The van der Waals surface area contributed by atoms with Crippen LogP contribution >= 0.6 is 15.9 Å². The highest BCUT2D eigenvalue weighted by molar-refractivity contribution is 9.10. The van der Waals surface area contributed by atoms with Gasteiger partial charge in [0.15, 0.2) is 0 Å². The summed E-state index contributed by atoms with van der Waals surface area (Å²) in [5.41, 5.74) is 7.26. The Labute approximate surface area is 116 Å². The molecule has 0 radical (unpaired) electrons. The number of rotatable bonds is 3.